The summed E-state index contributed by atoms with van der Waals surface area (Å²) in [6, 6.07) is 74.0. The van der Waals surface area contributed by atoms with Crippen LogP contribution in [0.1, 0.15) is 178 Å². The molecule has 2 heterocycles. The SMILES string of the molecule is CC(C)(C)[S@@](N)=O.CC(C)(C)[S@](=O)N=Cc1ccc(Br)cc1.CC(C)(C)[S@](=O)N[C@@H](c1ccc(F)cc1)c1ccc(Br)cc1.CC(C)(C)[S@](=O)N[C@@H](c1ccc(F)cc1)c1ccc(P(C)(C)=O)cc1.CP(=O)(O)c1ccc([C@H](NC(=O)c2cnc(-n3cccn3)[nH]c2=O)c2ccc(F)cc2)cc1.CP(C)(=O)c1ccc([C@@H](N)c2ccc(F)cc2)cc1.Cl.Cl.Fc1ccc(Br)cc1.O=Cc1ccc(Br)cc1.S.S.S.S.S.S.S.S. The van der Waals surface area contributed by atoms with E-state index in [2.05, 4.69) is 97.9 Å². The number of nitrogens with zero attached hydrogens (tertiary/aromatic N) is 4. The number of hydrogen-bond donors (Lipinski definition) is 7. The molecule has 0 aliphatic heterocycles. The Kier molecular flexibility index (Phi) is 72.1. The van der Waals surface area contributed by atoms with Crippen LogP contribution in [0, 0.1) is 29.1 Å². The number of hydrogen-bond acceptors (Lipinski definition) is 13. The van der Waals surface area contributed by atoms with Gasteiger partial charge in [-0.2, -0.15) is 117 Å². The van der Waals surface area contributed by atoms with E-state index in [0.29, 0.717) is 16.7 Å². The van der Waals surface area contributed by atoms with Crippen molar-refractivity contribution in [2.75, 3.05) is 33.3 Å². The third-order valence-electron chi connectivity index (χ3n) is 19.2. The Morgan fingerprint density at radius 2 is 0.703 bits per heavy atom. The highest BCUT2D eigenvalue weighted by Gasteiger charge is 2.29. The molecule has 0 radical (unpaired) electrons. The predicted octanol–water partition coefficient (Wildman–Crippen LogP) is 24.5. The molecular formula is C101H132Br4Cl2F5N10O11P3S12. The molecule has 0 bridgehead atoms. The lowest BCUT2D eigenvalue weighted by Gasteiger charge is -2.25. The summed E-state index contributed by atoms with van der Waals surface area (Å²) in [6.07, 6.45) is 6.73. The fourth-order valence-electron chi connectivity index (χ4n) is 11.1. The third kappa shape index (κ3) is 53.7. The van der Waals surface area contributed by atoms with E-state index in [9.17, 15) is 71.8 Å². The Morgan fingerprint density at radius 1 is 0.432 bits per heavy atom. The quantitative estimate of drug-likeness (QED) is 0.0152. The number of carbonyl (C=O) groups is 2. The maximum absolute atomic E-state index is 13.5. The Bertz CT molecular complexity index is 6410. The zero-order valence-corrected chi connectivity index (χ0v) is 106. The highest BCUT2D eigenvalue weighted by atomic mass is 79.9. The maximum Gasteiger partial charge on any atom is 0.265 e. The van der Waals surface area contributed by atoms with E-state index < -0.39 is 93.7 Å². The fourth-order valence-corrected chi connectivity index (χ4v) is 16.8. The lowest BCUT2D eigenvalue weighted by Crippen LogP contribution is -2.36. The van der Waals surface area contributed by atoms with Crippen molar-refractivity contribution in [3.05, 3.63) is 410 Å². The summed E-state index contributed by atoms with van der Waals surface area (Å²) in [5.41, 5.74) is 13.4. The molecule has 2 aromatic heterocycles. The van der Waals surface area contributed by atoms with Gasteiger partial charge in [0.15, 0.2) is 0 Å². The molecule has 11 aromatic carbocycles. The molecule has 47 heteroatoms. The first kappa shape index (κ1) is 151. The molecule has 1 amide bonds. The summed E-state index contributed by atoms with van der Waals surface area (Å²) >= 11 is 13.2. The number of H-pyrrole nitrogens is 1. The molecule has 0 fully saturated rings. The van der Waals surface area contributed by atoms with Crippen LogP contribution in [0.3, 0.4) is 0 Å². The Morgan fingerprint density at radius 3 is 0.973 bits per heavy atom. The van der Waals surface area contributed by atoms with Crippen LogP contribution < -0.4 is 47.1 Å². The average Bonchev–Trinajstić information content (AvgIpc) is 0.944. The summed E-state index contributed by atoms with van der Waals surface area (Å²) < 4.78 is 162. The summed E-state index contributed by atoms with van der Waals surface area (Å²) in [5.74, 6) is -2.06. The summed E-state index contributed by atoms with van der Waals surface area (Å²) in [5, 5.41) is 13.7. The number of rotatable bonds is 21. The minimum absolute atomic E-state index is 0. The van der Waals surface area contributed by atoms with Gasteiger partial charge >= 0.3 is 0 Å². The van der Waals surface area contributed by atoms with Gasteiger partial charge in [-0.05, 0) is 287 Å². The highest BCUT2D eigenvalue weighted by molar-refractivity contribution is 9.11. The molecule has 9 N–H and O–H groups in total. The molecule has 0 spiro atoms. The van der Waals surface area contributed by atoms with Gasteiger partial charge in [-0.3, -0.25) is 29.1 Å². The first-order valence-corrected chi connectivity index (χ1v) is 57.4. The average molecular weight is 2630 g/mol. The zero-order chi connectivity index (χ0) is 103. The van der Waals surface area contributed by atoms with E-state index in [4.69, 9.17) is 10.9 Å². The van der Waals surface area contributed by atoms with Crippen molar-refractivity contribution in [3.8, 4) is 5.95 Å². The van der Waals surface area contributed by atoms with E-state index in [1.54, 1.807) is 118 Å². The number of nitrogens with two attached hydrogens (primary N) is 2. The first-order chi connectivity index (χ1) is 64.3. The van der Waals surface area contributed by atoms with E-state index in [-0.39, 0.29) is 205 Å². The van der Waals surface area contributed by atoms with Gasteiger partial charge in [-0.15, -0.1) is 24.8 Å². The summed E-state index contributed by atoms with van der Waals surface area (Å²) in [6.45, 7) is 30.8. The summed E-state index contributed by atoms with van der Waals surface area (Å²) in [4.78, 5) is 52.0. The van der Waals surface area contributed by atoms with Gasteiger partial charge in [0.25, 0.3) is 11.5 Å². The van der Waals surface area contributed by atoms with Crippen LogP contribution in [0.4, 0.5) is 22.0 Å². The van der Waals surface area contributed by atoms with Gasteiger partial charge in [-0.1, -0.05) is 209 Å². The minimum atomic E-state index is -3.45. The van der Waals surface area contributed by atoms with Gasteiger partial charge in [0.1, 0.15) is 66.2 Å². The molecule has 0 aliphatic rings. The van der Waals surface area contributed by atoms with E-state index in [1.807, 2.05) is 192 Å². The van der Waals surface area contributed by atoms with Crippen molar-refractivity contribution < 1.29 is 67.0 Å². The lowest BCUT2D eigenvalue weighted by molar-refractivity contribution is 0.0940. The van der Waals surface area contributed by atoms with Crippen LogP contribution in [0.25, 0.3) is 5.95 Å². The Labute approximate surface area is 978 Å². The predicted molar refractivity (Wildman–Crippen MR) is 669 cm³/mol. The Hall–Kier alpha value is -5.64. The molecule has 0 saturated carbocycles. The molecule has 13 aromatic rings. The molecule has 1 unspecified atom stereocenters. The van der Waals surface area contributed by atoms with Crippen LogP contribution in [-0.4, -0.2) is 112 Å². The molecular weight excluding hydrogens is 2490 g/mol. The van der Waals surface area contributed by atoms with Gasteiger partial charge in [0, 0.05) is 70.8 Å². The molecule has 148 heavy (non-hydrogen) atoms. The number of carbonyl (C=O) groups excluding carboxylic acids is 2. The molecule has 0 saturated heterocycles. The van der Waals surface area contributed by atoms with Gasteiger partial charge in [0.05, 0.1) is 76.1 Å². The highest BCUT2D eigenvalue weighted by Crippen LogP contribution is 2.38. The van der Waals surface area contributed by atoms with Crippen LogP contribution in [0.2, 0.25) is 0 Å². The van der Waals surface area contributed by atoms with Crippen molar-refractivity contribution in [1.29, 1.82) is 0 Å². The number of halogens is 11. The number of aromatic nitrogens is 4. The van der Waals surface area contributed by atoms with E-state index in [0.717, 1.165) is 79.9 Å². The topological polar surface area (TPSA) is 338 Å². The molecule has 9 atom stereocenters. The van der Waals surface area contributed by atoms with Crippen LogP contribution in [0.15, 0.2) is 319 Å². The molecule has 0 aliphatic carbocycles. The van der Waals surface area contributed by atoms with E-state index >= 15 is 0 Å². The number of amides is 1. The van der Waals surface area contributed by atoms with Crippen LogP contribution in [0.5, 0.6) is 0 Å². The Balaban J connectivity index is -0.000000543. The minimum Gasteiger partial charge on any atom is -0.341 e. The van der Waals surface area contributed by atoms with Gasteiger partial charge in [0.2, 0.25) is 13.3 Å². The largest absolute Gasteiger partial charge is 0.341 e. The smallest absolute Gasteiger partial charge is 0.265 e. The van der Waals surface area contributed by atoms with Crippen molar-refractivity contribution in [2.45, 2.75) is 126 Å². The molecule has 816 valence electrons. The fraction of sp³-hybridized carbons (Fsp3) is 0.248. The number of nitrogens with one attached hydrogen (secondary N) is 4. The second-order valence-corrected chi connectivity index (χ2v) is 55.5. The first-order valence-electron chi connectivity index (χ1n) is 42.3. The number of aldehydes is 1. The third-order valence-corrected chi connectivity index (χ3v) is 31.3. The van der Waals surface area contributed by atoms with Crippen molar-refractivity contribution in [3.63, 3.8) is 0 Å². The van der Waals surface area contributed by atoms with Crippen molar-refractivity contribution in [1.82, 2.24) is 34.5 Å². The number of benzene rings is 11. The van der Waals surface area contributed by atoms with E-state index in [1.165, 1.54) is 102 Å². The molecule has 21 nitrogen and oxygen atoms in total. The van der Waals surface area contributed by atoms with Gasteiger partial charge < -0.3 is 25.1 Å². The maximum atomic E-state index is 13.5. The van der Waals surface area contributed by atoms with Gasteiger partial charge in [-0.25, -0.2) is 57.9 Å². The lowest BCUT2D eigenvalue weighted by atomic mass is 9.98. The van der Waals surface area contributed by atoms with Crippen LogP contribution >= 0.6 is 218 Å². The number of aromatic amines is 1. The monoisotopic (exact) mass is 2620 g/mol. The zero-order valence-electron chi connectivity index (χ0n) is 83.8. The second kappa shape index (κ2) is 70.8. The van der Waals surface area contributed by atoms with Crippen LogP contribution in [-0.2, 0) is 57.6 Å². The molecule has 13 rings (SSSR count). The summed E-state index contributed by atoms with van der Waals surface area (Å²) in [7, 11) is -12.9. The second-order valence-electron chi connectivity index (χ2n) is 35.4. The van der Waals surface area contributed by atoms with Crippen molar-refractivity contribution >= 4 is 296 Å². The van der Waals surface area contributed by atoms with Crippen molar-refractivity contribution in [2.24, 2.45) is 15.3 Å². The standard InChI is InChI=1S/C22H19FN5O4P.C19H25FNO2PS.C17H19BrFNOS.C15H17FNOP.C11H14BrNOS.C7H5BrO.C6H4BrF.C4H11NOS.2ClH.8H2S/c1-33(31,32)17-9-5-15(6-10-17)19(14-3-7-16(23)8-4-14)26-20(29)18-13-24-22(27-21(18)30)28-12-2-11-25-28;1-19(2,3)25(23)21-18(14-6-10-16(20)11-7-14)15-8-12-17(13-9-15)24(4,5)22;1-17(2,3)22(21)20-16(12-4-8-14(18)9-5-12)13-6-10-15(19)11-7-13;1-19(2,18)14-9-5-12(6-10-14)15(17)11-3-7-13(16)8-4-11;1-11(2,3)15(14)13-8-9-4-6-10(12)7-5-9;8-7-3-1-6(5-9)2-4-7;7-5-1-3-6(8)4-2-5;1-4(2,3)7(5)6;;;;;;;;;;/h2-13,19H,1H3,(H,26,29)(H,31,32)(H,24,27,30);6-13,18,21H,1-5H3;4-11,16,20H,1-3H3;3-10,15H,17H2,1-2H3;4-8H,1-3H3;1-5H;1-4H;5H2,1-3H3;2*1H;8*1H2/t19-;18-,25-;16-,22+;2*15-;;;7-;;;;;;;;;;/m10100..0........../s1. The normalized spacial score (nSPS) is 12.8.